The van der Waals surface area contributed by atoms with E-state index in [2.05, 4.69) is 14.9 Å². The zero-order valence-corrected chi connectivity index (χ0v) is 16.6. The summed E-state index contributed by atoms with van der Waals surface area (Å²) in [5.74, 6) is 1.72. The van der Waals surface area contributed by atoms with Gasteiger partial charge in [-0.2, -0.15) is 0 Å². The van der Waals surface area contributed by atoms with Crippen LogP contribution in [0.3, 0.4) is 0 Å². The summed E-state index contributed by atoms with van der Waals surface area (Å²) in [5, 5.41) is 0. The topological polar surface area (TPSA) is 82.8 Å². The fraction of sp³-hybridized carbons (Fsp3) is 0.524. The van der Waals surface area contributed by atoms with E-state index in [1.807, 2.05) is 28.0 Å². The predicted octanol–water partition coefficient (Wildman–Crippen LogP) is 2.05. The molecule has 8 heteroatoms. The van der Waals surface area contributed by atoms with Gasteiger partial charge in [-0.05, 0) is 37.3 Å². The minimum Gasteiger partial charge on any atom is -0.438 e. The Morgan fingerprint density at radius 1 is 1.10 bits per heavy atom. The van der Waals surface area contributed by atoms with Crippen LogP contribution in [0.15, 0.2) is 41.4 Å². The molecule has 0 spiro atoms. The quantitative estimate of drug-likeness (QED) is 0.768. The lowest BCUT2D eigenvalue weighted by Gasteiger charge is -2.36. The highest BCUT2D eigenvalue weighted by Gasteiger charge is 2.27. The van der Waals surface area contributed by atoms with Crippen LogP contribution in [0.5, 0.6) is 0 Å². The fourth-order valence-corrected chi connectivity index (χ4v) is 4.17. The Labute approximate surface area is 170 Å². The first-order chi connectivity index (χ1) is 14.2. The monoisotopic (exact) mass is 397 g/mol. The minimum absolute atomic E-state index is 0.107. The van der Waals surface area contributed by atoms with Gasteiger partial charge in [0.25, 0.3) is 5.91 Å². The van der Waals surface area contributed by atoms with Gasteiger partial charge in [0.05, 0.1) is 6.20 Å². The van der Waals surface area contributed by atoms with Crippen molar-refractivity contribution in [2.45, 2.75) is 25.7 Å². The average Bonchev–Trinajstić information content (AvgIpc) is 3.33. The summed E-state index contributed by atoms with van der Waals surface area (Å²) in [6, 6.07) is 5.90. The summed E-state index contributed by atoms with van der Waals surface area (Å²) in [5.41, 5.74) is 0. The van der Waals surface area contributed by atoms with Crippen molar-refractivity contribution in [2.24, 2.45) is 5.92 Å². The zero-order chi connectivity index (χ0) is 20.1. The van der Waals surface area contributed by atoms with E-state index in [4.69, 9.17) is 4.42 Å². The summed E-state index contributed by atoms with van der Waals surface area (Å²) >= 11 is 0. The van der Waals surface area contributed by atoms with E-state index in [1.54, 1.807) is 6.20 Å². The van der Waals surface area contributed by atoms with E-state index in [0.717, 1.165) is 57.8 Å². The van der Waals surface area contributed by atoms with Crippen LogP contribution < -0.4 is 4.90 Å². The van der Waals surface area contributed by atoms with Crippen molar-refractivity contribution < 1.29 is 14.0 Å². The number of rotatable bonds is 5. The number of piperidine rings is 1. The maximum Gasteiger partial charge on any atom is 0.291 e. The molecule has 2 fully saturated rings. The van der Waals surface area contributed by atoms with Crippen molar-refractivity contribution in [3.05, 3.63) is 42.7 Å². The summed E-state index contributed by atoms with van der Waals surface area (Å²) in [4.78, 5) is 39.3. The molecule has 2 aromatic rings. The molecule has 2 aromatic heterocycles. The number of hydrogen-bond acceptors (Lipinski definition) is 6. The van der Waals surface area contributed by atoms with Gasteiger partial charge < -0.3 is 19.1 Å². The summed E-state index contributed by atoms with van der Waals surface area (Å²) in [6.07, 6.45) is 7.91. The number of carbonyl (C=O) groups excluding carboxylic acids is 2. The van der Waals surface area contributed by atoms with Crippen molar-refractivity contribution in [3.63, 3.8) is 0 Å². The van der Waals surface area contributed by atoms with Gasteiger partial charge in [-0.1, -0.05) is 6.07 Å². The molecule has 4 rings (SSSR count). The van der Waals surface area contributed by atoms with Gasteiger partial charge in [0.15, 0.2) is 6.39 Å². The Hall–Kier alpha value is -2.90. The Morgan fingerprint density at radius 3 is 2.69 bits per heavy atom. The van der Waals surface area contributed by atoms with Crippen LogP contribution in [-0.2, 0) is 4.79 Å². The molecule has 2 aliphatic heterocycles. The van der Waals surface area contributed by atoms with Gasteiger partial charge in [-0.3, -0.25) is 9.59 Å². The molecule has 0 saturated carbocycles. The molecule has 1 atom stereocenters. The second-order valence-electron chi connectivity index (χ2n) is 7.72. The van der Waals surface area contributed by atoms with Crippen molar-refractivity contribution >= 4 is 17.6 Å². The molecule has 1 unspecified atom stereocenters. The maximum atomic E-state index is 12.7. The number of carbonyl (C=O) groups is 2. The van der Waals surface area contributed by atoms with Crippen LogP contribution in [0.1, 0.15) is 36.2 Å². The molecule has 154 valence electrons. The van der Waals surface area contributed by atoms with Crippen LogP contribution >= 0.6 is 0 Å². The van der Waals surface area contributed by atoms with E-state index in [9.17, 15) is 9.59 Å². The van der Waals surface area contributed by atoms with Gasteiger partial charge in [0.2, 0.25) is 11.7 Å². The second-order valence-corrected chi connectivity index (χ2v) is 7.72. The molecule has 0 aliphatic carbocycles. The van der Waals surface area contributed by atoms with Gasteiger partial charge in [-0.25, -0.2) is 9.97 Å². The molecule has 8 nitrogen and oxygen atoms in total. The highest BCUT2D eigenvalue weighted by Crippen LogP contribution is 2.23. The third-order valence-corrected chi connectivity index (χ3v) is 5.82. The molecule has 0 N–H and O–H groups in total. The molecular formula is C21H27N5O3. The number of amides is 2. The number of nitrogens with zero attached hydrogens (tertiary/aromatic N) is 5. The number of piperazine rings is 1. The summed E-state index contributed by atoms with van der Waals surface area (Å²) in [7, 11) is 0. The molecule has 0 radical (unpaired) electrons. The number of aromatic nitrogens is 2. The van der Waals surface area contributed by atoms with Gasteiger partial charge >= 0.3 is 0 Å². The highest BCUT2D eigenvalue weighted by atomic mass is 16.3. The van der Waals surface area contributed by atoms with E-state index >= 15 is 0 Å². The van der Waals surface area contributed by atoms with Gasteiger partial charge in [-0.15, -0.1) is 0 Å². The van der Waals surface area contributed by atoms with Crippen molar-refractivity contribution in [1.29, 1.82) is 0 Å². The first-order valence-corrected chi connectivity index (χ1v) is 10.3. The Bertz CT molecular complexity index is 803. The van der Waals surface area contributed by atoms with Crippen molar-refractivity contribution in [1.82, 2.24) is 19.8 Å². The lowest BCUT2D eigenvalue weighted by atomic mass is 9.93. The van der Waals surface area contributed by atoms with Crippen LogP contribution in [0.4, 0.5) is 5.82 Å². The zero-order valence-electron chi connectivity index (χ0n) is 16.6. The number of likely N-dealkylation sites (tertiary alicyclic amines) is 1. The second kappa shape index (κ2) is 9.07. The van der Waals surface area contributed by atoms with Gasteiger partial charge in [0.1, 0.15) is 5.82 Å². The van der Waals surface area contributed by atoms with Crippen molar-refractivity contribution in [2.75, 3.05) is 44.2 Å². The van der Waals surface area contributed by atoms with E-state index in [0.29, 0.717) is 18.9 Å². The van der Waals surface area contributed by atoms with Crippen LogP contribution in [0.25, 0.3) is 0 Å². The smallest absolute Gasteiger partial charge is 0.291 e. The first kappa shape index (κ1) is 19.4. The average molecular weight is 397 g/mol. The molecule has 4 heterocycles. The summed E-state index contributed by atoms with van der Waals surface area (Å²) in [6.45, 7) is 4.50. The van der Waals surface area contributed by atoms with Gasteiger partial charge in [0, 0.05) is 51.9 Å². The Morgan fingerprint density at radius 2 is 1.97 bits per heavy atom. The van der Waals surface area contributed by atoms with E-state index in [-0.39, 0.29) is 17.6 Å². The Kier molecular flexibility index (Phi) is 6.07. The minimum atomic E-state index is -0.107. The molecule has 0 aromatic carbocycles. The standard InChI is InChI=1S/C21H27N5O3/c27-20(25-12-10-24(11-13-25)19-5-1-2-8-23-19)7-6-17-4-3-9-26(15-17)21(28)18-14-22-16-29-18/h1-2,5,8,14,16-17H,3-4,6-7,9-13,15H2. The fourth-order valence-electron chi connectivity index (χ4n) is 4.17. The molecule has 29 heavy (non-hydrogen) atoms. The molecular weight excluding hydrogens is 370 g/mol. The molecule has 0 bridgehead atoms. The predicted molar refractivity (Wildman–Crippen MR) is 107 cm³/mol. The maximum absolute atomic E-state index is 12.7. The number of hydrogen-bond donors (Lipinski definition) is 0. The number of anilines is 1. The highest BCUT2D eigenvalue weighted by molar-refractivity contribution is 5.91. The third-order valence-electron chi connectivity index (χ3n) is 5.82. The lowest BCUT2D eigenvalue weighted by Crippen LogP contribution is -2.49. The largest absolute Gasteiger partial charge is 0.438 e. The number of pyridine rings is 1. The van der Waals surface area contributed by atoms with Crippen LogP contribution in [-0.4, -0.2) is 70.9 Å². The lowest BCUT2D eigenvalue weighted by molar-refractivity contribution is -0.131. The van der Waals surface area contributed by atoms with Crippen LogP contribution in [0.2, 0.25) is 0 Å². The first-order valence-electron chi connectivity index (χ1n) is 10.3. The molecule has 2 aliphatic rings. The Balaban J connectivity index is 1.22. The molecule has 2 amide bonds. The normalized spacial score (nSPS) is 20.0. The summed E-state index contributed by atoms with van der Waals surface area (Å²) < 4.78 is 5.13. The van der Waals surface area contributed by atoms with Crippen molar-refractivity contribution in [3.8, 4) is 0 Å². The third kappa shape index (κ3) is 4.75. The number of oxazole rings is 1. The molecule has 2 saturated heterocycles. The van der Waals surface area contributed by atoms with Crippen LogP contribution in [0, 0.1) is 5.92 Å². The van der Waals surface area contributed by atoms with E-state index in [1.165, 1.54) is 12.6 Å². The van der Waals surface area contributed by atoms with E-state index < -0.39 is 0 Å². The SMILES string of the molecule is O=C(CCC1CCCN(C(=O)c2cnco2)C1)N1CCN(c2ccccn2)CC1.